The number of aromatic amines is 1. The molecule has 4 aromatic rings. The minimum absolute atomic E-state index is 0.0462. The number of halogens is 1. The number of pyridine rings is 1. The molecule has 5 rings (SSSR count). The van der Waals surface area contributed by atoms with Crippen molar-refractivity contribution in [2.45, 2.75) is 26.2 Å². The Morgan fingerprint density at radius 1 is 1.24 bits per heavy atom. The molecule has 1 aliphatic rings. The van der Waals surface area contributed by atoms with Crippen LogP contribution in [0.4, 0.5) is 16.0 Å². The highest BCUT2D eigenvalue weighted by atomic mass is 19.1. The number of fused-ring (bicyclic) bond motifs is 1. The molecule has 1 aliphatic carbocycles. The van der Waals surface area contributed by atoms with Gasteiger partial charge < -0.3 is 9.64 Å². The van der Waals surface area contributed by atoms with Crippen molar-refractivity contribution < 1.29 is 18.7 Å². The van der Waals surface area contributed by atoms with Crippen LogP contribution in [0.3, 0.4) is 0 Å². The van der Waals surface area contributed by atoms with Crippen LogP contribution < -0.4 is 15.0 Å². The number of aryl methyl sites for hydroxylation is 1. The Bertz CT molecular complexity index is 1390. The van der Waals surface area contributed by atoms with Crippen molar-refractivity contribution in [1.82, 2.24) is 24.8 Å². The number of H-pyrrole nitrogens is 1. The normalized spacial score (nSPS) is 13.1. The third kappa shape index (κ3) is 4.32. The summed E-state index contributed by atoms with van der Waals surface area (Å²) in [5, 5.41) is 13.8. The molecule has 10 nitrogen and oxygen atoms in total. The Kier molecular flexibility index (Phi) is 5.44. The monoisotopic (exact) mass is 463 g/mol. The predicted molar refractivity (Wildman–Crippen MR) is 122 cm³/mol. The first-order chi connectivity index (χ1) is 16.4. The fraction of sp³-hybridized carbons (Fsp3) is 0.261. The van der Waals surface area contributed by atoms with E-state index >= 15 is 0 Å². The lowest BCUT2D eigenvalue weighted by Gasteiger charge is -2.18. The molecule has 0 saturated heterocycles. The number of aromatic nitrogens is 5. The second-order valence-corrected chi connectivity index (χ2v) is 8.08. The molecule has 11 heteroatoms. The number of amides is 2. The SMILES string of the molecule is CCc1cc(C(=O)N(C)c2cc(Oc3ccc4nc(NC(=O)C5CC5)nn4c3)ccc2F)n[nH]1. The minimum atomic E-state index is -0.572. The number of hydrogen-bond acceptors (Lipinski definition) is 6. The number of anilines is 2. The summed E-state index contributed by atoms with van der Waals surface area (Å²) in [6.45, 7) is 1.94. The predicted octanol–water partition coefficient (Wildman–Crippen LogP) is 3.57. The Labute approximate surface area is 193 Å². The van der Waals surface area contributed by atoms with Crippen molar-refractivity contribution >= 4 is 29.1 Å². The largest absolute Gasteiger partial charge is 0.456 e. The standard InChI is InChI=1S/C23H22FN7O3/c1-3-14-10-18(28-27-14)22(33)30(2)19-11-15(6-8-17(19)24)34-16-7-9-20-25-23(29-31(20)12-16)26-21(32)13-4-5-13/h6-13H,3-5H2,1-2H3,(H,27,28)(H,26,29,32). The summed E-state index contributed by atoms with van der Waals surface area (Å²) in [7, 11) is 1.48. The molecule has 34 heavy (non-hydrogen) atoms. The van der Waals surface area contributed by atoms with Crippen LogP contribution in [0.15, 0.2) is 42.6 Å². The Balaban J connectivity index is 1.34. The maximum Gasteiger partial charge on any atom is 0.278 e. The summed E-state index contributed by atoms with van der Waals surface area (Å²) in [5.41, 5.74) is 1.60. The van der Waals surface area contributed by atoms with E-state index in [1.807, 2.05) is 6.92 Å². The van der Waals surface area contributed by atoms with E-state index in [0.717, 1.165) is 18.5 Å². The van der Waals surface area contributed by atoms with E-state index in [9.17, 15) is 14.0 Å². The third-order valence-electron chi connectivity index (χ3n) is 5.54. The molecular weight excluding hydrogens is 441 g/mol. The molecule has 0 aliphatic heterocycles. The Morgan fingerprint density at radius 3 is 2.76 bits per heavy atom. The molecular formula is C23H22FN7O3. The lowest BCUT2D eigenvalue weighted by Crippen LogP contribution is -2.27. The van der Waals surface area contributed by atoms with Gasteiger partial charge in [-0.2, -0.15) is 10.1 Å². The van der Waals surface area contributed by atoms with Gasteiger partial charge >= 0.3 is 0 Å². The zero-order valence-corrected chi connectivity index (χ0v) is 18.6. The highest BCUT2D eigenvalue weighted by Crippen LogP contribution is 2.31. The van der Waals surface area contributed by atoms with Crippen molar-refractivity contribution in [2.75, 3.05) is 17.3 Å². The van der Waals surface area contributed by atoms with Gasteiger partial charge in [0.2, 0.25) is 11.9 Å². The minimum Gasteiger partial charge on any atom is -0.456 e. The van der Waals surface area contributed by atoms with Gasteiger partial charge in [0.15, 0.2) is 11.3 Å². The van der Waals surface area contributed by atoms with Crippen LogP contribution in [0, 0.1) is 11.7 Å². The maximum atomic E-state index is 14.5. The molecule has 1 fully saturated rings. The van der Waals surface area contributed by atoms with Crippen LogP contribution in [-0.4, -0.2) is 43.7 Å². The molecule has 0 atom stereocenters. The molecule has 0 bridgehead atoms. The number of rotatable bonds is 7. The van der Waals surface area contributed by atoms with Gasteiger partial charge in [-0.15, -0.1) is 5.10 Å². The summed E-state index contributed by atoms with van der Waals surface area (Å²) < 4.78 is 21.9. The van der Waals surface area contributed by atoms with Crippen LogP contribution in [0.2, 0.25) is 0 Å². The van der Waals surface area contributed by atoms with Gasteiger partial charge in [0.1, 0.15) is 17.3 Å². The van der Waals surface area contributed by atoms with E-state index in [1.54, 1.807) is 24.4 Å². The van der Waals surface area contributed by atoms with Gasteiger partial charge in [0.05, 0.1) is 11.9 Å². The van der Waals surface area contributed by atoms with Crippen molar-refractivity contribution in [1.29, 1.82) is 0 Å². The second kappa shape index (κ2) is 8.58. The van der Waals surface area contributed by atoms with E-state index in [-0.39, 0.29) is 29.2 Å². The average Bonchev–Trinajstić information content (AvgIpc) is 3.45. The van der Waals surface area contributed by atoms with Crippen molar-refractivity contribution in [2.24, 2.45) is 5.92 Å². The average molecular weight is 463 g/mol. The van der Waals surface area contributed by atoms with Gasteiger partial charge in [0.25, 0.3) is 5.91 Å². The summed E-state index contributed by atoms with van der Waals surface area (Å²) in [4.78, 5) is 30.2. The van der Waals surface area contributed by atoms with Crippen LogP contribution in [0.25, 0.3) is 5.65 Å². The van der Waals surface area contributed by atoms with Gasteiger partial charge in [-0.05, 0) is 49.6 Å². The smallest absolute Gasteiger partial charge is 0.278 e. The van der Waals surface area contributed by atoms with Gasteiger partial charge in [-0.3, -0.25) is 20.0 Å². The van der Waals surface area contributed by atoms with E-state index in [0.29, 0.717) is 23.6 Å². The number of nitrogens with zero attached hydrogens (tertiary/aromatic N) is 5. The quantitative estimate of drug-likeness (QED) is 0.433. The maximum absolute atomic E-state index is 14.5. The van der Waals surface area contributed by atoms with E-state index in [2.05, 4.69) is 25.6 Å². The zero-order valence-electron chi connectivity index (χ0n) is 18.6. The molecule has 0 spiro atoms. The summed E-state index contributed by atoms with van der Waals surface area (Å²) in [6.07, 6.45) is 4.08. The number of carbonyl (C=O) groups is 2. The fourth-order valence-corrected chi connectivity index (χ4v) is 3.42. The van der Waals surface area contributed by atoms with E-state index < -0.39 is 11.7 Å². The van der Waals surface area contributed by atoms with Gasteiger partial charge in [-0.1, -0.05) is 6.92 Å². The third-order valence-corrected chi connectivity index (χ3v) is 5.54. The first-order valence-electron chi connectivity index (χ1n) is 10.9. The van der Waals surface area contributed by atoms with E-state index in [4.69, 9.17) is 4.74 Å². The molecule has 3 heterocycles. The number of hydrogen-bond donors (Lipinski definition) is 2. The highest BCUT2D eigenvalue weighted by Gasteiger charge is 2.30. The molecule has 0 unspecified atom stereocenters. The molecule has 1 saturated carbocycles. The van der Waals surface area contributed by atoms with Crippen LogP contribution in [0.1, 0.15) is 35.9 Å². The lowest BCUT2D eigenvalue weighted by molar-refractivity contribution is -0.117. The van der Waals surface area contributed by atoms with Crippen molar-refractivity contribution in [3.63, 3.8) is 0 Å². The van der Waals surface area contributed by atoms with E-state index in [1.165, 1.54) is 34.7 Å². The first-order valence-corrected chi connectivity index (χ1v) is 10.9. The summed E-state index contributed by atoms with van der Waals surface area (Å²) in [6, 6.07) is 9.16. The number of ether oxygens (including phenoxy) is 1. The van der Waals surface area contributed by atoms with Crippen molar-refractivity contribution in [3.8, 4) is 11.5 Å². The Morgan fingerprint density at radius 2 is 2.03 bits per heavy atom. The first kappa shape index (κ1) is 21.6. The summed E-state index contributed by atoms with van der Waals surface area (Å²) >= 11 is 0. The summed E-state index contributed by atoms with van der Waals surface area (Å²) in [5.74, 6) is -0.0783. The fourth-order valence-electron chi connectivity index (χ4n) is 3.42. The van der Waals surface area contributed by atoms with Crippen LogP contribution in [-0.2, 0) is 11.2 Å². The number of benzene rings is 1. The van der Waals surface area contributed by atoms with Gasteiger partial charge in [-0.25, -0.2) is 8.91 Å². The van der Waals surface area contributed by atoms with Crippen molar-refractivity contribution in [3.05, 3.63) is 59.8 Å². The van der Waals surface area contributed by atoms with Crippen LogP contribution >= 0.6 is 0 Å². The topological polar surface area (TPSA) is 118 Å². The number of carbonyl (C=O) groups excluding carboxylic acids is 2. The molecule has 1 aromatic carbocycles. The number of nitrogens with one attached hydrogen (secondary N) is 2. The molecule has 3 aromatic heterocycles. The van der Waals surface area contributed by atoms with Crippen LogP contribution in [0.5, 0.6) is 11.5 Å². The molecule has 174 valence electrons. The van der Waals surface area contributed by atoms with Gasteiger partial charge in [0, 0.05) is 24.7 Å². The second-order valence-electron chi connectivity index (χ2n) is 8.08. The zero-order chi connectivity index (χ0) is 23.8. The Hall–Kier alpha value is -4.28. The molecule has 2 amide bonds. The highest BCUT2D eigenvalue weighted by molar-refractivity contribution is 6.04. The molecule has 0 radical (unpaired) electrons. The molecule has 2 N–H and O–H groups in total. The lowest BCUT2D eigenvalue weighted by atomic mass is 10.2.